The van der Waals surface area contributed by atoms with Crippen molar-refractivity contribution in [2.75, 3.05) is 23.0 Å². The first-order chi connectivity index (χ1) is 14.3. The van der Waals surface area contributed by atoms with E-state index in [2.05, 4.69) is 10.3 Å². The summed E-state index contributed by atoms with van der Waals surface area (Å²) in [6.07, 6.45) is -0.599. The Hall–Kier alpha value is -1.78. The number of nitrogens with one attached hydrogen (secondary N) is 1. The lowest BCUT2D eigenvalue weighted by Gasteiger charge is -2.26. The van der Waals surface area contributed by atoms with E-state index in [1.165, 1.54) is 11.8 Å². The smallest absolute Gasteiger partial charge is 0.407 e. The molecule has 0 saturated carbocycles. The van der Waals surface area contributed by atoms with Crippen LogP contribution in [-0.2, 0) is 19.4 Å². The van der Waals surface area contributed by atoms with Crippen molar-refractivity contribution in [3.05, 3.63) is 28.8 Å². The van der Waals surface area contributed by atoms with Gasteiger partial charge >= 0.3 is 6.09 Å². The van der Waals surface area contributed by atoms with E-state index in [0.717, 1.165) is 11.3 Å². The molecule has 1 aromatic rings. The summed E-state index contributed by atoms with van der Waals surface area (Å²) in [7, 11) is -3.16. The number of hydrogen-bond donors (Lipinski definition) is 1. The number of thioether (sulfide) groups is 1. The molecule has 2 amide bonds. The topological polar surface area (TPSA) is 105 Å². The third-order valence-electron chi connectivity index (χ3n) is 4.72. The summed E-state index contributed by atoms with van der Waals surface area (Å²) in [4.78, 5) is 30.3. The SMILES string of the molecule is Cc1ccc(Cl)cc1N1C(=NC(=O)CCNC(=O)OC(C)(C)C)S[C@@H]2CS(=O)(=O)C[C@H]21. The van der Waals surface area contributed by atoms with Gasteiger partial charge in [-0.15, -0.1) is 0 Å². The number of nitrogens with zero attached hydrogens (tertiary/aromatic N) is 2. The molecular formula is C20H26ClN3O5S2. The highest BCUT2D eigenvalue weighted by molar-refractivity contribution is 8.16. The Kier molecular flexibility index (Phi) is 6.93. The first-order valence-electron chi connectivity index (χ1n) is 9.85. The number of carbonyl (C=O) groups is 2. The maximum atomic E-state index is 12.5. The molecule has 0 unspecified atom stereocenters. The summed E-state index contributed by atoms with van der Waals surface area (Å²) < 4.78 is 29.5. The summed E-state index contributed by atoms with van der Waals surface area (Å²) >= 11 is 7.48. The molecule has 2 aliphatic rings. The van der Waals surface area contributed by atoms with Gasteiger partial charge in [-0.05, 0) is 45.4 Å². The maximum Gasteiger partial charge on any atom is 0.407 e. The molecule has 0 radical (unpaired) electrons. The first kappa shape index (κ1) is 23.9. The molecule has 2 aliphatic heterocycles. The van der Waals surface area contributed by atoms with Crippen molar-refractivity contribution < 1.29 is 22.7 Å². The standard InChI is InChI=1S/C20H26ClN3O5S2/c1-12-5-6-13(21)9-14(12)24-15-10-31(27,28)11-16(15)30-18(24)23-17(25)7-8-22-19(26)29-20(2,3)4/h5-6,9,15-16H,7-8,10-11H2,1-4H3,(H,22,26)/t15-,16-/m1/s1. The van der Waals surface area contributed by atoms with Crippen LogP contribution < -0.4 is 10.2 Å². The van der Waals surface area contributed by atoms with Crippen molar-refractivity contribution in [1.29, 1.82) is 0 Å². The van der Waals surface area contributed by atoms with Gasteiger partial charge in [0.15, 0.2) is 15.0 Å². The van der Waals surface area contributed by atoms with E-state index < -0.39 is 27.4 Å². The minimum absolute atomic E-state index is 0.000692. The van der Waals surface area contributed by atoms with E-state index in [1.54, 1.807) is 32.9 Å². The van der Waals surface area contributed by atoms with E-state index in [0.29, 0.717) is 10.2 Å². The molecule has 11 heteroatoms. The van der Waals surface area contributed by atoms with Crippen LogP contribution in [0.3, 0.4) is 0 Å². The second-order valence-electron chi connectivity index (χ2n) is 8.57. The molecule has 31 heavy (non-hydrogen) atoms. The Morgan fingerprint density at radius 1 is 1.32 bits per heavy atom. The van der Waals surface area contributed by atoms with Crippen LogP contribution >= 0.6 is 23.4 Å². The van der Waals surface area contributed by atoms with Gasteiger partial charge in [0.05, 0.1) is 17.5 Å². The fourth-order valence-electron chi connectivity index (χ4n) is 3.44. The molecule has 2 saturated heterocycles. The number of fused-ring (bicyclic) bond motifs is 1. The largest absolute Gasteiger partial charge is 0.444 e. The number of alkyl carbamates (subject to hydrolysis) is 1. The first-order valence-corrected chi connectivity index (χ1v) is 12.9. The summed E-state index contributed by atoms with van der Waals surface area (Å²) in [5.74, 6) is -0.360. The Morgan fingerprint density at radius 2 is 2.03 bits per heavy atom. The Labute approximate surface area is 191 Å². The van der Waals surface area contributed by atoms with Gasteiger partial charge in [0.2, 0.25) is 5.91 Å². The van der Waals surface area contributed by atoms with E-state index in [1.807, 2.05) is 17.9 Å². The summed E-state index contributed by atoms with van der Waals surface area (Å²) in [6, 6.07) is 5.06. The van der Waals surface area contributed by atoms with Gasteiger partial charge in [0.1, 0.15) is 5.60 Å². The molecule has 1 aromatic carbocycles. The molecule has 0 spiro atoms. The van der Waals surface area contributed by atoms with E-state index in [4.69, 9.17) is 16.3 Å². The molecule has 2 atom stereocenters. The van der Waals surface area contributed by atoms with Crippen LogP contribution in [0.2, 0.25) is 5.02 Å². The fraction of sp³-hybridized carbons (Fsp3) is 0.550. The number of rotatable bonds is 4. The number of aryl methyl sites for hydroxylation is 1. The number of ether oxygens (including phenoxy) is 1. The van der Waals surface area contributed by atoms with Gasteiger partial charge in [-0.2, -0.15) is 4.99 Å². The zero-order valence-electron chi connectivity index (χ0n) is 17.8. The van der Waals surface area contributed by atoms with Crippen LogP contribution in [-0.4, -0.2) is 60.5 Å². The van der Waals surface area contributed by atoms with Crippen LogP contribution in [0.15, 0.2) is 23.2 Å². The van der Waals surface area contributed by atoms with Crippen molar-refractivity contribution >= 4 is 56.1 Å². The molecule has 2 heterocycles. The predicted molar refractivity (Wildman–Crippen MR) is 124 cm³/mol. The van der Waals surface area contributed by atoms with E-state index >= 15 is 0 Å². The van der Waals surface area contributed by atoms with Gasteiger partial charge in [-0.1, -0.05) is 29.4 Å². The maximum absolute atomic E-state index is 12.5. The number of carbonyl (C=O) groups excluding carboxylic acids is 2. The Bertz CT molecular complexity index is 1020. The van der Waals surface area contributed by atoms with Gasteiger partial charge in [-0.3, -0.25) is 4.79 Å². The highest BCUT2D eigenvalue weighted by Gasteiger charge is 2.49. The van der Waals surface area contributed by atoms with Crippen molar-refractivity contribution in [2.45, 2.75) is 51.0 Å². The molecule has 0 aromatic heterocycles. The van der Waals surface area contributed by atoms with Crippen LogP contribution in [0.1, 0.15) is 32.8 Å². The van der Waals surface area contributed by atoms with Crippen LogP contribution in [0.4, 0.5) is 10.5 Å². The lowest BCUT2D eigenvalue weighted by atomic mass is 10.1. The molecule has 8 nitrogen and oxygen atoms in total. The Balaban J connectivity index is 1.75. The highest BCUT2D eigenvalue weighted by Crippen LogP contribution is 2.42. The highest BCUT2D eigenvalue weighted by atomic mass is 35.5. The normalized spacial score (nSPS) is 23.6. The number of aliphatic imine (C=N–C) groups is 1. The number of anilines is 1. The molecule has 3 rings (SSSR count). The fourth-order valence-corrected chi connectivity index (χ4v) is 7.53. The zero-order valence-corrected chi connectivity index (χ0v) is 20.2. The molecule has 2 fully saturated rings. The number of sulfone groups is 1. The molecule has 0 aliphatic carbocycles. The van der Waals surface area contributed by atoms with Crippen molar-refractivity contribution in [1.82, 2.24) is 5.32 Å². The predicted octanol–water partition coefficient (Wildman–Crippen LogP) is 3.16. The van der Waals surface area contributed by atoms with Crippen LogP contribution in [0.25, 0.3) is 0 Å². The molecular weight excluding hydrogens is 462 g/mol. The van der Waals surface area contributed by atoms with Crippen LogP contribution in [0, 0.1) is 6.92 Å². The third-order valence-corrected chi connectivity index (χ3v) is 8.17. The van der Waals surface area contributed by atoms with Crippen molar-refractivity contribution in [3.63, 3.8) is 0 Å². The van der Waals surface area contributed by atoms with E-state index in [-0.39, 0.29) is 35.8 Å². The lowest BCUT2D eigenvalue weighted by Crippen LogP contribution is -2.38. The number of benzene rings is 1. The monoisotopic (exact) mass is 487 g/mol. The summed E-state index contributed by atoms with van der Waals surface area (Å²) in [6.45, 7) is 7.25. The zero-order chi connectivity index (χ0) is 23.0. The molecule has 1 N–H and O–H groups in total. The second kappa shape index (κ2) is 8.99. The average Bonchev–Trinajstić information content (AvgIpc) is 3.06. The Morgan fingerprint density at radius 3 is 2.71 bits per heavy atom. The van der Waals surface area contributed by atoms with Crippen LogP contribution in [0.5, 0.6) is 0 Å². The number of amidine groups is 1. The van der Waals surface area contributed by atoms with Gasteiger partial charge in [-0.25, -0.2) is 13.2 Å². The molecule has 170 valence electrons. The van der Waals surface area contributed by atoms with Gasteiger partial charge in [0, 0.05) is 28.9 Å². The van der Waals surface area contributed by atoms with Crippen molar-refractivity contribution in [2.24, 2.45) is 4.99 Å². The number of halogens is 1. The number of amides is 2. The van der Waals surface area contributed by atoms with Crippen molar-refractivity contribution in [3.8, 4) is 0 Å². The van der Waals surface area contributed by atoms with Gasteiger partial charge in [0.25, 0.3) is 0 Å². The quantitative estimate of drug-likeness (QED) is 0.695. The van der Waals surface area contributed by atoms with E-state index in [9.17, 15) is 18.0 Å². The number of hydrogen-bond acceptors (Lipinski definition) is 6. The summed E-state index contributed by atoms with van der Waals surface area (Å²) in [5, 5.41) is 3.31. The average molecular weight is 488 g/mol. The third kappa shape index (κ3) is 6.14. The minimum atomic E-state index is -3.16. The lowest BCUT2D eigenvalue weighted by molar-refractivity contribution is -0.117. The summed E-state index contributed by atoms with van der Waals surface area (Å²) in [5.41, 5.74) is 1.02. The van der Waals surface area contributed by atoms with Gasteiger partial charge < -0.3 is 15.0 Å². The minimum Gasteiger partial charge on any atom is -0.444 e. The second-order valence-corrected chi connectivity index (χ2v) is 12.4. The molecule has 0 bridgehead atoms.